The van der Waals surface area contributed by atoms with E-state index in [1.165, 1.54) is 6.33 Å². The van der Waals surface area contributed by atoms with E-state index in [-0.39, 0.29) is 17.3 Å². The Hall–Kier alpha value is -2.70. The summed E-state index contributed by atoms with van der Waals surface area (Å²) in [5.74, 6) is 0.369. The van der Waals surface area contributed by atoms with E-state index in [2.05, 4.69) is 27.5 Å². The molecule has 1 aromatic carbocycles. The van der Waals surface area contributed by atoms with Gasteiger partial charge in [-0.1, -0.05) is 31.5 Å². The number of aryl methyl sites for hydroxylation is 1. The van der Waals surface area contributed by atoms with Crippen LogP contribution < -0.4 is 10.6 Å². The predicted molar refractivity (Wildman–Crippen MR) is 82.0 cm³/mol. The van der Waals surface area contributed by atoms with Gasteiger partial charge in [-0.15, -0.1) is 0 Å². The van der Waals surface area contributed by atoms with Crippen molar-refractivity contribution >= 4 is 23.0 Å². The summed E-state index contributed by atoms with van der Waals surface area (Å²) in [6.07, 6.45) is 3.18. The summed E-state index contributed by atoms with van der Waals surface area (Å²) in [5, 5.41) is 17.0. The molecule has 7 nitrogen and oxygen atoms in total. The zero-order valence-corrected chi connectivity index (χ0v) is 12.0. The predicted octanol–water partition coefficient (Wildman–Crippen LogP) is 3.12. The van der Waals surface area contributed by atoms with Crippen LogP contribution in [-0.2, 0) is 6.42 Å². The standard InChI is InChI=1S/C14H17N5O2/c1-3-6-10-7-4-5-8-11(10)18-14-12(19(20)21)13(15-2)16-9-17-14/h4-5,7-9H,3,6H2,1-2H3,(H2,15,16,17,18). The van der Waals surface area contributed by atoms with Crippen LogP contribution in [0.25, 0.3) is 0 Å². The molecule has 0 aliphatic rings. The fraction of sp³-hybridized carbons (Fsp3) is 0.286. The number of hydrogen-bond donors (Lipinski definition) is 2. The zero-order valence-electron chi connectivity index (χ0n) is 12.0. The second kappa shape index (κ2) is 6.65. The first-order chi connectivity index (χ1) is 10.2. The number of hydrogen-bond acceptors (Lipinski definition) is 6. The molecule has 2 rings (SSSR count). The van der Waals surface area contributed by atoms with Crippen LogP contribution in [0.5, 0.6) is 0 Å². The Balaban J connectivity index is 2.42. The van der Waals surface area contributed by atoms with E-state index in [0.29, 0.717) is 0 Å². The molecular weight excluding hydrogens is 270 g/mol. The van der Waals surface area contributed by atoms with E-state index in [9.17, 15) is 10.1 Å². The second-order valence-electron chi connectivity index (χ2n) is 4.46. The smallest absolute Gasteiger partial charge is 0.353 e. The van der Waals surface area contributed by atoms with Gasteiger partial charge in [0.25, 0.3) is 0 Å². The van der Waals surface area contributed by atoms with Crippen molar-refractivity contribution in [1.29, 1.82) is 0 Å². The SMILES string of the molecule is CCCc1ccccc1Nc1ncnc(NC)c1[N+](=O)[O-]. The molecule has 0 saturated carbocycles. The molecule has 0 radical (unpaired) electrons. The highest BCUT2D eigenvalue weighted by Crippen LogP contribution is 2.31. The van der Waals surface area contributed by atoms with Gasteiger partial charge in [0.15, 0.2) is 0 Å². The number of nitro groups is 1. The highest BCUT2D eigenvalue weighted by Gasteiger charge is 2.22. The Morgan fingerprint density at radius 1 is 1.24 bits per heavy atom. The Bertz CT molecular complexity index is 645. The summed E-state index contributed by atoms with van der Waals surface area (Å²) < 4.78 is 0. The van der Waals surface area contributed by atoms with Gasteiger partial charge in [-0.3, -0.25) is 10.1 Å². The number of rotatable bonds is 6. The van der Waals surface area contributed by atoms with Crippen molar-refractivity contribution in [3.63, 3.8) is 0 Å². The highest BCUT2D eigenvalue weighted by molar-refractivity contribution is 5.74. The molecule has 0 aliphatic heterocycles. The zero-order chi connectivity index (χ0) is 15.2. The number of nitrogens with one attached hydrogen (secondary N) is 2. The van der Waals surface area contributed by atoms with Crippen molar-refractivity contribution < 1.29 is 4.92 Å². The van der Waals surface area contributed by atoms with E-state index < -0.39 is 4.92 Å². The summed E-state index contributed by atoms with van der Waals surface area (Å²) in [5.41, 5.74) is 1.76. The molecule has 0 fully saturated rings. The Morgan fingerprint density at radius 2 is 1.95 bits per heavy atom. The Labute approximate surface area is 122 Å². The van der Waals surface area contributed by atoms with E-state index in [1.54, 1.807) is 7.05 Å². The van der Waals surface area contributed by atoms with Gasteiger partial charge in [-0.2, -0.15) is 0 Å². The molecule has 110 valence electrons. The third-order valence-electron chi connectivity index (χ3n) is 3.03. The number of anilines is 3. The number of nitrogens with zero attached hydrogens (tertiary/aromatic N) is 3. The lowest BCUT2D eigenvalue weighted by atomic mass is 10.1. The average Bonchev–Trinajstić information content (AvgIpc) is 2.49. The summed E-state index contributed by atoms with van der Waals surface area (Å²) in [6.45, 7) is 2.09. The van der Waals surface area contributed by atoms with Crippen LogP contribution in [-0.4, -0.2) is 21.9 Å². The number of benzene rings is 1. The molecule has 0 saturated heterocycles. The van der Waals surface area contributed by atoms with Crippen LogP contribution in [0.2, 0.25) is 0 Å². The molecule has 0 atom stereocenters. The molecule has 0 amide bonds. The maximum Gasteiger partial charge on any atom is 0.353 e. The van der Waals surface area contributed by atoms with Gasteiger partial charge in [0.1, 0.15) is 6.33 Å². The lowest BCUT2D eigenvalue weighted by molar-refractivity contribution is -0.383. The lowest BCUT2D eigenvalue weighted by Crippen LogP contribution is -2.06. The molecule has 0 aliphatic carbocycles. The largest absolute Gasteiger partial charge is 0.367 e. The molecular formula is C14H17N5O2. The Morgan fingerprint density at radius 3 is 2.62 bits per heavy atom. The summed E-state index contributed by atoms with van der Waals surface area (Å²) in [6, 6.07) is 7.71. The van der Waals surface area contributed by atoms with Gasteiger partial charge in [0.05, 0.1) is 4.92 Å². The monoisotopic (exact) mass is 287 g/mol. The topological polar surface area (TPSA) is 93.0 Å². The van der Waals surface area contributed by atoms with Crippen molar-refractivity contribution in [2.24, 2.45) is 0 Å². The first-order valence-electron chi connectivity index (χ1n) is 6.69. The van der Waals surface area contributed by atoms with Crippen LogP contribution in [0.3, 0.4) is 0 Å². The fourth-order valence-electron chi connectivity index (χ4n) is 2.08. The second-order valence-corrected chi connectivity index (χ2v) is 4.46. The average molecular weight is 287 g/mol. The minimum atomic E-state index is -0.489. The van der Waals surface area contributed by atoms with Crippen molar-refractivity contribution in [2.45, 2.75) is 19.8 Å². The number of para-hydroxylation sites is 1. The number of aromatic nitrogens is 2. The summed E-state index contributed by atoms with van der Waals surface area (Å²) >= 11 is 0. The molecule has 0 spiro atoms. The van der Waals surface area contributed by atoms with Crippen LogP contribution in [0.15, 0.2) is 30.6 Å². The maximum absolute atomic E-state index is 11.2. The van der Waals surface area contributed by atoms with Gasteiger partial charge in [-0.05, 0) is 18.1 Å². The third-order valence-corrected chi connectivity index (χ3v) is 3.03. The van der Waals surface area contributed by atoms with E-state index >= 15 is 0 Å². The van der Waals surface area contributed by atoms with Crippen molar-refractivity contribution in [3.05, 3.63) is 46.3 Å². The van der Waals surface area contributed by atoms with Gasteiger partial charge in [0.2, 0.25) is 11.6 Å². The van der Waals surface area contributed by atoms with Gasteiger partial charge in [-0.25, -0.2) is 9.97 Å². The van der Waals surface area contributed by atoms with Crippen LogP contribution in [0.1, 0.15) is 18.9 Å². The maximum atomic E-state index is 11.2. The normalized spacial score (nSPS) is 10.2. The Kier molecular flexibility index (Phi) is 4.65. The van der Waals surface area contributed by atoms with Crippen LogP contribution >= 0.6 is 0 Å². The van der Waals surface area contributed by atoms with E-state index in [0.717, 1.165) is 24.1 Å². The van der Waals surface area contributed by atoms with Crippen LogP contribution in [0, 0.1) is 10.1 Å². The van der Waals surface area contributed by atoms with Gasteiger partial charge in [0, 0.05) is 12.7 Å². The van der Waals surface area contributed by atoms with Crippen molar-refractivity contribution in [1.82, 2.24) is 9.97 Å². The summed E-state index contributed by atoms with van der Waals surface area (Å²) in [4.78, 5) is 18.6. The minimum Gasteiger partial charge on any atom is -0.367 e. The fourth-order valence-corrected chi connectivity index (χ4v) is 2.08. The van der Waals surface area contributed by atoms with E-state index in [1.807, 2.05) is 24.3 Å². The first-order valence-corrected chi connectivity index (χ1v) is 6.69. The van der Waals surface area contributed by atoms with Crippen molar-refractivity contribution in [3.8, 4) is 0 Å². The lowest BCUT2D eigenvalue weighted by Gasteiger charge is -2.11. The first kappa shape index (κ1) is 14.7. The van der Waals surface area contributed by atoms with Gasteiger partial charge < -0.3 is 10.6 Å². The molecule has 0 unspecified atom stereocenters. The molecule has 0 bridgehead atoms. The van der Waals surface area contributed by atoms with Gasteiger partial charge >= 0.3 is 5.69 Å². The van der Waals surface area contributed by atoms with Crippen LogP contribution in [0.4, 0.5) is 23.0 Å². The summed E-state index contributed by atoms with van der Waals surface area (Å²) in [7, 11) is 1.59. The molecule has 1 heterocycles. The third kappa shape index (κ3) is 3.25. The molecule has 2 N–H and O–H groups in total. The molecule has 21 heavy (non-hydrogen) atoms. The molecule has 7 heteroatoms. The quantitative estimate of drug-likeness (QED) is 0.626. The molecule has 2 aromatic rings. The highest BCUT2D eigenvalue weighted by atomic mass is 16.6. The van der Waals surface area contributed by atoms with Crippen molar-refractivity contribution in [2.75, 3.05) is 17.7 Å². The molecule has 1 aromatic heterocycles. The van der Waals surface area contributed by atoms with E-state index in [4.69, 9.17) is 0 Å². The minimum absolute atomic E-state index is 0.161.